The fourth-order valence-electron chi connectivity index (χ4n) is 2.72. The molecule has 0 spiro atoms. The topological polar surface area (TPSA) is 41.1 Å². The summed E-state index contributed by atoms with van der Waals surface area (Å²) in [6.45, 7) is 11.4. The van der Waals surface area contributed by atoms with Crippen LogP contribution in [0.4, 0.5) is 0 Å². The van der Waals surface area contributed by atoms with E-state index >= 15 is 0 Å². The van der Waals surface area contributed by atoms with Gasteiger partial charge in [-0.25, -0.2) is 0 Å². The number of carbonyl (C=O) groups is 1. The highest BCUT2D eigenvalue weighted by Crippen LogP contribution is 2.34. The Bertz CT molecular complexity index is 255. The molecule has 1 heterocycles. The predicted molar refractivity (Wildman–Crippen MR) is 76.5 cm³/mol. The highest BCUT2D eigenvalue weighted by molar-refractivity contribution is 5.83. The van der Waals surface area contributed by atoms with E-state index in [1.807, 2.05) is 0 Å². The molecule has 1 fully saturated rings. The van der Waals surface area contributed by atoms with Gasteiger partial charge >= 0.3 is 0 Å². The SMILES string of the molecule is CC(C)CCCCNC(=O)C1(C(C)C)CCNC1. The van der Waals surface area contributed by atoms with Crippen molar-refractivity contribution < 1.29 is 4.79 Å². The van der Waals surface area contributed by atoms with Gasteiger partial charge in [0.05, 0.1) is 5.41 Å². The lowest BCUT2D eigenvalue weighted by Gasteiger charge is -2.31. The molecule has 18 heavy (non-hydrogen) atoms. The summed E-state index contributed by atoms with van der Waals surface area (Å²) in [7, 11) is 0. The Labute approximate surface area is 112 Å². The molecule has 0 aromatic heterocycles. The van der Waals surface area contributed by atoms with Gasteiger partial charge in [-0.3, -0.25) is 4.79 Å². The normalized spacial score (nSPS) is 23.9. The van der Waals surface area contributed by atoms with E-state index in [9.17, 15) is 4.79 Å². The summed E-state index contributed by atoms with van der Waals surface area (Å²) < 4.78 is 0. The van der Waals surface area contributed by atoms with Gasteiger partial charge in [0, 0.05) is 13.1 Å². The van der Waals surface area contributed by atoms with Crippen LogP contribution in [0.1, 0.15) is 53.4 Å². The summed E-state index contributed by atoms with van der Waals surface area (Å²) >= 11 is 0. The first-order valence-electron chi connectivity index (χ1n) is 7.48. The van der Waals surface area contributed by atoms with Crippen LogP contribution in [0.25, 0.3) is 0 Å². The van der Waals surface area contributed by atoms with Crippen molar-refractivity contribution in [3.05, 3.63) is 0 Å². The molecule has 2 N–H and O–H groups in total. The maximum absolute atomic E-state index is 12.4. The van der Waals surface area contributed by atoms with Gasteiger partial charge in [0.1, 0.15) is 0 Å². The van der Waals surface area contributed by atoms with Gasteiger partial charge in [-0.1, -0.05) is 40.5 Å². The Hall–Kier alpha value is -0.570. The maximum Gasteiger partial charge on any atom is 0.227 e. The van der Waals surface area contributed by atoms with E-state index in [4.69, 9.17) is 0 Å². The molecular formula is C15H30N2O. The summed E-state index contributed by atoms with van der Waals surface area (Å²) in [5.41, 5.74) is -0.169. The largest absolute Gasteiger partial charge is 0.356 e. The molecule has 0 aromatic rings. The van der Waals surface area contributed by atoms with E-state index in [1.54, 1.807) is 0 Å². The van der Waals surface area contributed by atoms with Crippen LogP contribution >= 0.6 is 0 Å². The Morgan fingerprint density at radius 2 is 2.00 bits per heavy atom. The number of amides is 1. The average molecular weight is 254 g/mol. The quantitative estimate of drug-likeness (QED) is 0.686. The minimum Gasteiger partial charge on any atom is -0.356 e. The van der Waals surface area contributed by atoms with E-state index in [2.05, 4.69) is 38.3 Å². The molecule has 0 bridgehead atoms. The van der Waals surface area contributed by atoms with Crippen molar-refractivity contribution in [2.45, 2.75) is 53.4 Å². The molecule has 1 rings (SSSR count). The Kier molecular flexibility index (Phi) is 6.13. The second kappa shape index (κ2) is 7.13. The summed E-state index contributed by atoms with van der Waals surface area (Å²) in [6.07, 6.45) is 4.55. The van der Waals surface area contributed by atoms with Gasteiger partial charge in [0.15, 0.2) is 0 Å². The Morgan fingerprint density at radius 3 is 2.50 bits per heavy atom. The predicted octanol–water partition coefficient (Wildman–Crippen LogP) is 2.56. The van der Waals surface area contributed by atoms with E-state index < -0.39 is 0 Å². The van der Waals surface area contributed by atoms with Crippen LogP contribution < -0.4 is 10.6 Å². The lowest BCUT2D eigenvalue weighted by Crippen LogP contribution is -2.46. The molecule has 0 radical (unpaired) electrons. The van der Waals surface area contributed by atoms with Crippen molar-refractivity contribution >= 4 is 5.91 Å². The third-order valence-corrected chi connectivity index (χ3v) is 4.24. The number of rotatable bonds is 7. The summed E-state index contributed by atoms with van der Waals surface area (Å²) in [6, 6.07) is 0. The zero-order valence-corrected chi connectivity index (χ0v) is 12.5. The Balaban J connectivity index is 2.30. The molecule has 1 aliphatic heterocycles. The molecule has 1 saturated heterocycles. The van der Waals surface area contributed by atoms with Crippen molar-refractivity contribution in [3.63, 3.8) is 0 Å². The molecule has 0 aliphatic carbocycles. The van der Waals surface area contributed by atoms with Crippen molar-refractivity contribution in [3.8, 4) is 0 Å². The molecule has 3 nitrogen and oxygen atoms in total. The number of carbonyl (C=O) groups excluding carboxylic acids is 1. The first-order chi connectivity index (χ1) is 8.49. The van der Waals surface area contributed by atoms with Crippen LogP contribution in [0.15, 0.2) is 0 Å². The number of hydrogen-bond acceptors (Lipinski definition) is 2. The van der Waals surface area contributed by atoms with E-state index in [0.717, 1.165) is 38.4 Å². The van der Waals surface area contributed by atoms with Crippen LogP contribution in [-0.4, -0.2) is 25.5 Å². The fourth-order valence-corrected chi connectivity index (χ4v) is 2.72. The lowest BCUT2D eigenvalue weighted by molar-refractivity contribution is -0.132. The van der Waals surface area contributed by atoms with Crippen LogP contribution in [0.2, 0.25) is 0 Å². The first kappa shape index (κ1) is 15.5. The Morgan fingerprint density at radius 1 is 1.28 bits per heavy atom. The third-order valence-electron chi connectivity index (χ3n) is 4.24. The van der Waals surface area contributed by atoms with Crippen LogP contribution in [0.3, 0.4) is 0 Å². The van der Waals surface area contributed by atoms with E-state index in [0.29, 0.717) is 5.92 Å². The second-order valence-corrected chi connectivity index (χ2v) is 6.38. The van der Waals surface area contributed by atoms with Gasteiger partial charge in [-0.05, 0) is 31.2 Å². The van der Waals surface area contributed by atoms with Gasteiger partial charge in [0.25, 0.3) is 0 Å². The summed E-state index contributed by atoms with van der Waals surface area (Å²) in [5.74, 6) is 1.43. The average Bonchev–Trinajstić information content (AvgIpc) is 2.78. The number of hydrogen-bond donors (Lipinski definition) is 2. The van der Waals surface area contributed by atoms with E-state index in [-0.39, 0.29) is 11.3 Å². The molecule has 1 unspecified atom stereocenters. The zero-order chi connectivity index (χ0) is 13.6. The van der Waals surface area contributed by atoms with Gasteiger partial charge in [-0.15, -0.1) is 0 Å². The summed E-state index contributed by atoms with van der Waals surface area (Å²) in [4.78, 5) is 12.4. The molecule has 3 heteroatoms. The molecule has 1 aliphatic rings. The number of unbranched alkanes of at least 4 members (excludes halogenated alkanes) is 1. The monoisotopic (exact) mass is 254 g/mol. The molecule has 1 atom stereocenters. The lowest BCUT2D eigenvalue weighted by atomic mass is 9.75. The molecule has 106 valence electrons. The van der Waals surface area contributed by atoms with Crippen LogP contribution in [-0.2, 0) is 4.79 Å². The third kappa shape index (κ3) is 3.98. The van der Waals surface area contributed by atoms with Crippen molar-refractivity contribution in [2.75, 3.05) is 19.6 Å². The zero-order valence-electron chi connectivity index (χ0n) is 12.5. The fraction of sp³-hybridized carbons (Fsp3) is 0.933. The molecule has 0 aromatic carbocycles. The smallest absolute Gasteiger partial charge is 0.227 e. The highest BCUT2D eigenvalue weighted by Gasteiger charge is 2.43. The minimum absolute atomic E-state index is 0.169. The van der Waals surface area contributed by atoms with Crippen LogP contribution in [0, 0.1) is 17.3 Å². The molecular weight excluding hydrogens is 224 g/mol. The van der Waals surface area contributed by atoms with Crippen molar-refractivity contribution in [1.29, 1.82) is 0 Å². The maximum atomic E-state index is 12.4. The van der Waals surface area contributed by atoms with E-state index in [1.165, 1.54) is 12.8 Å². The van der Waals surface area contributed by atoms with Gasteiger partial charge < -0.3 is 10.6 Å². The first-order valence-corrected chi connectivity index (χ1v) is 7.48. The van der Waals surface area contributed by atoms with Crippen molar-refractivity contribution in [2.24, 2.45) is 17.3 Å². The summed E-state index contributed by atoms with van der Waals surface area (Å²) in [5, 5.41) is 6.47. The number of nitrogens with one attached hydrogen (secondary N) is 2. The minimum atomic E-state index is -0.169. The standard InChI is InChI=1S/C15H30N2O/c1-12(2)7-5-6-9-17-14(18)15(13(3)4)8-10-16-11-15/h12-13,16H,5-11H2,1-4H3,(H,17,18). The van der Waals surface area contributed by atoms with Gasteiger partial charge in [-0.2, -0.15) is 0 Å². The highest BCUT2D eigenvalue weighted by atomic mass is 16.2. The van der Waals surface area contributed by atoms with Crippen molar-refractivity contribution in [1.82, 2.24) is 10.6 Å². The van der Waals surface area contributed by atoms with Crippen LogP contribution in [0.5, 0.6) is 0 Å². The second-order valence-electron chi connectivity index (χ2n) is 6.38. The molecule has 0 saturated carbocycles. The van der Waals surface area contributed by atoms with Gasteiger partial charge in [0.2, 0.25) is 5.91 Å². The molecule has 1 amide bonds.